The van der Waals surface area contributed by atoms with Crippen LogP contribution in [-0.2, 0) is 0 Å². The quantitative estimate of drug-likeness (QED) is 0.287. The molecule has 0 aromatic heterocycles. The Morgan fingerprint density at radius 2 is 1.48 bits per heavy atom. The third-order valence-electron chi connectivity index (χ3n) is 4.13. The van der Waals surface area contributed by atoms with Crippen molar-refractivity contribution in [3.63, 3.8) is 0 Å². The van der Waals surface area contributed by atoms with Gasteiger partial charge in [-0.15, -0.1) is 0 Å². The van der Waals surface area contributed by atoms with Crippen LogP contribution in [0, 0.1) is 37.3 Å². The highest BCUT2D eigenvalue weighted by Gasteiger charge is 2.12. The Bertz CT molecular complexity index is 1090. The van der Waals surface area contributed by atoms with Crippen LogP contribution in [0.4, 0.5) is 14.5 Å². The van der Waals surface area contributed by atoms with Crippen molar-refractivity contribution >= 4 is 23.1 Å². The maximum Gasteiger partial charge on any atom is 0.153 e. The Kier molecular flexibility index (Phi) is 5.57. The van der Waals surface area contributed by atoms with E-state index in [1.165, 1.54) is 17.7 Å². The molecule has 0 N–H and O–H groups in total. The average Bonchev–Trinajstić information content (AvgIpc) is 2.65. The van der Waals surface area contributed by atoms with Crippen molar-refractivity contribution in [2.24, 2.45) is 4.99 Å². The summed E-state index contributed by atoms with van der Waals surface area (Å²) in [5.41, 5.74) is 4.60. The molecular formula is C23H15F2NS. The second-order valence-corrected chi connectivity index (χ2v) is 6.32. The molecule has 0 bridgehead atoms. The minimum atomic E-state index is -0.775. The van der Waals surface area contributed by atoms with Crippen LogP contribution in [0.1, 0.15) is 22.3 Å². The molecule has 0 fully saturated rings. The lowest BCUT2D eigenvalue weighted by Crippen LogP contribution is -1.89. The highest BCUT2D eigenvalue weighted by molar-refractivity contribution is 7.78. The van der Waals surface area contributed by atoms with E-state index >= 15 is 0 Å². The molecule has 0 saturated heterocycles. The molecule has 0 heterocycles. The van der Waals surface area contributed by atoms with Crippen molar-refractivity contribution in [3.8, 4) is 23.0 Å². The van der Waals surface area contributed by atoms with Crippen molar-refractivity contribution in [3.05, 3.63) is 88.5 Å². The van der Waals surface area contributed by atoms with Gasteiger partial charge in [-0.25, -0.2) is 8.78 Å². The van der Waals surface area contributed by atoms with Crippen LogP contribution in [0.25, 0.3) is 11.1 Å². The molecule has 4 heteroatoms. The summed E-state index contributed by atoms with van der Waals surface area (Å²) in [4.78, 5) is 3.43. The monoisotopic (exact) mass is 375 g/mol. The molecule has 0 unspecified atom stereocenters. The van der Waals surface area contributed by atoms with Gasteiger partial charge in [0.25, 0.3) is 0 Å². The van der Waals surface area contributed by atoms with Crippen LogP contribution in [0.3, 0.4) is 0 Å². The van der Waals surface area contributed by atoms with Gasteiger partial charge in [0.2, 0.25) is 0 Å². The Hall–Kier alpha value is -3.12. The summed E-state index contributed by atoms with van der Waals surface area (Å²) in [5.74, 6) is 4.72. The van der Waals surface area contributed by atoms with Gasteiger partial charge < -0.3 is 0 Å². The minimum absolute atomic E-state index is 0.425. The molecule has 0 aliphatic heterocycles. The standard InChI is InChI=1S/C23H15F2NS/c1-15-3-5-17(6-4-15)7-8-18-9-10-19(11-16(18)2)20-12-21(24)23(26-14-27)22(25)13-20/h3-6,9-13H,1-2H3. The molecule has 0 atom stereocenters. The number of thiocarbonyl (C=S) groups is 1. The summed E-state index contributed by atoms with van der Waals surface area (Å²) in [6.45, 7) is 3.94. The highest BCUT2D eigenvalue weighted by Crippen LogP contribution is 2.30. The van der Waals surface area contributed by atoms with Gasteiger partial charge >= 0.3 is 0 Å². The molecule has 132 valence electrons. The van der Waals surface area contributed by atoms with Crippen LogP contribution >= 0.6 is 12.2 Å². The second kappa shape index (κ2) is 8.05. The largest absolute Gasteiger partial charge is 0.204 e. The zero-order valence-electron chi connectivity index (χ0n) is 14.8. The molecule has 0 aliphatic carbocycles. The third-order valence-corrected chi connectivity index (χ3v) is 4.22. The maximum atomic E-state index is 14.1. The van der Waals surface area contributed by atoms with Crippen molar-refractivity contribution < 1.29 is 8.78 Å². The first-order valence-electron chi connectivity index (χ1n) is 8.24. The minimum Gasteiger partial charge on any atom is -0.204 e. The topological polar surface area (TPSA) is 12.4 Å². The van der Waals surface area contributed by atoms with Gasteiger partial charge in [0.1, 0.15) is 5.69 Å². The number of hydrogen-bond acceptors (Lipinski definition) is 2. The average molecular weight is 375 g/mol. The fourth-order valence-corrected chi connectivity index (χ4v) is 2.74. The van der Waals surface area contributed by atoms with Crippen molar-refractivity contribution in [1.82, 2.24) is 0 Å². The first kappa shape index (κ1) is 18.7. The Balaban J connectivity index is 1.94. The molecule has 0 spiro atoms. The molecule has 3 rings (SSSR count). The molecule has 0 saturated carbocycles. The number of nitrogens with zero attached hydrogens (tertiary/aromatic N) is 1. The van der Waals surface area contributed by atoms with Gasteiger partial charge in [-0.05, 0) is 73.1 Å². The molecular weight excluding hydrogens is 360 g/mol. The third kappa shape index (κ3) is 4.35. The highest BCUT2D eigenvalue weighted by atomic mass is 32.1. The Morgan fingerprint density at radius 1 is 0.815 bits per heavy atom. The lowest BCUT2D eigenvalue weighted by Gasteiger charge is -2.07. The molecule has 0 radical (unpaired) electrons. The fraction of sp³-hybridized carbons (Fsp3) is 0.0870. The van der Waals surface area contributed by atoms with Gasteiger partial charge in [0, 0.05) is 11.1 Å². The van der Waals surface area contributed by atoms with Crippen molar-refractivity contribution in [2.45, 2.75) is 13.8 Å². The number of rotatable bonds is 2. The summed E-state index contributed by atoms with van der Waals surface area (Å²) in [6, 6.07) is 16.0. The Labute approximate surface area is 162 Å². The fourth-order valence-electron chi connectivity index (χ4n) is 2.64. The van der Waals surface area contributed by atoms with E-state index in [1.807, 2.05) is 55.4 Å². The van der Waals surface area contributed by atoms with Crippen LogP contribution in [0.2, 0.25) is 0 Å². The lowest BCUT2D eigenvalue weighted by molar-refractivity contribution is 0.588. The van der Waals surface area contributed by atoms with Crippen molar-refractivity contribution in [1.29, 1.82) is 0 Å². The van der Waals surface area contributed by atoms with E-state index in [0.717, 1.165) is 16.7 Å². The molecule has 3 aromatic rings. The van der Waals surface area contributed by atoms with Crippen LogP contribution in [-0.4, -0.2) is 5.16 Å². The zero-order valence-corrected chi connectivity index (χ0v) is 15.6. The predicted molar refractivity (Wildman–Crippen MR) is 108 cm³/mol. The Morgan fingerprint density at radius 3 is 2.07 bits per heavy atom. The zero-order chi connectivity index (χ0) is 19.4. The van der Waals surface area contributed by atoms with E-state index in [2.05, 4.69) is 29.1 Å². The SMILES string of the molecule is Cc1ccc(C#Cc2ccc(-c3cc(F)c(N=C=S)c(F)c3)cc2C)cc1. The smallest absolute Gasteiger partial charge is 0.153 e. The maximum absolute atomic E-state index is 14.1. The van der Waals surface area contributed by atoms with E-state index in [4.69, 9.17) is 0 Å². The summed E-state index contributed by atoms with van der Waals surface area (Å²) >= 11 is 4.41. The molecule has 1 nitrogen and oxygen atoms in total. The molecule has 0 amide bonds. The molecule has 27 heavy (non-hydrogen) atoms. The lowest BCUT2D eigenvalue weighted by atomic mass is 9.99. The van der Waals surface area contributed by atoms with E-state index < -0.39 is 17.3 Å². The van der Waals surface area contributed by atoms with Gasteiger partial charge in [0.05, 0.1) is 5.16 Å². The van der Waals surface area contributed by atoms with Crippen LogP contribution < -0.4 is 0 Å². The van der Waals surface area contributed by atoms with E-state index in [9.17, 15) is 8.78 Å². The number of aliphatic imine (C=N–C) groups is 1. The summed E-state index contributed by atoms with van der Waals surface area (Å²) < 4.78 is 28.1. The van der Waals surface area contributed by atoms with Gasteiger partial charge in [0.15, 0.2) is 11.6 Å². The number of benzene rings is 3. The summed E-state index contributed by atoms with van der Waals surface area (Å²) in [5, 5.41) is 1.99. The van der Waals surface area contributed by atoms with Crippen LogP contribution in [0.15, 0.2) is 59.6 Å². The van der Waals surface area contributed by atoms with Crippen molar-refractivity contribution in [2.75, 3.05) is 0 Å². The van der Waals surface area contributed by atoms with E-state index in [0.29, 0.717) is 11.1 Å². The number of aryl methyl sites for hydroxylation is 2. The van der Waals surface area contributed by atoms with E-state index in [-0.39, 0.29) is 0 Å². The number of isothiocyanates is 1. The van der Waals surface area contributed by atoms with Gasteiger partial charge in [-0.3, -0.25) is 0 Å². The summed E-state index contributed by atoms with van der Waals surface area (Å²) in [7, 11) is 0. The first-order chi connectivity index (χ1) is 13.0. The van der Waals surface area contributed by atoms with Gasteiger partial charge in [-0.1, -0.05) is 41.7 Å². The number of halogens is 2. The molecule has 3 aromatic carbocycles. The number of hydrogen-bond donors (Lipinski definition) is 0. The summed E-state index contributed by atoms with van der Waals surface area (Å²) in [6.07, 6.45) is 0. The first-order valence-corrected chi connectivity index (χ1v) is 8.65. The van der Waals surface area contributed by atoms with Crippen LogP contribution in [0.5, 0.6) is 0 Å². The normalized spacial score (nSPS) is 9.93. The molecule has 0 aliphatic rings. The predicted octanol–water partition coefficient (Wildman–Crippen LogP) is 6.38. The second-order valence-electron chi connectivity index (χ2n) is 6.14. The van der Waals surface area contributed by atoms with Gasteiger partial charge in [-0.2, -0.15) is 4.99 Å². The van der Waals surface area contributed by atoms with E-state index in [1.54, 1.807) is 6.07 Å².